The van der Waals surface area contributed by atoms with Crippen LogP contribution in [0, 0.1) is 5.41 Å². The molecule has 0 saturated heterocycles. The lowest BCUT2D eigenvalue weighted by Crippen LogP contribution is -2.52. The van der Waals surface area contributed by atoms with Crippen LogP contribution in [-0.2, 0) is 41.6 Å². The van der Waals surface area contributed by atoms with Crippen molar-refractivity contribution in [2.45, 2.75) is 57.8 Å². The predicted octanol–water partition coefficient (Wildman–Crippen LogP) is 1.88. The fourth-order valence-corrected chi connectivity index (χ4v) is 4.46. The van der Waals surface area contributed by atoms with Gasteiger partial charge in [0.15, 0.2) is 12.2 Å². The highest BCUT2D eigenvalue weighted by Crippen LogP contribution is 2.31. The molecule has 12 nitrogen and oxygen atoms in total. The SMILES string of the molecule is COC(=O)[C@H](Cc1cn(C(=O)C(Cc2ccccc2)ON)cn1)NC(=O)C(ON)C(C(=O)C(C)(C)C)c1ccccc1. The monoisotopic (exact) mass is 579 g/mol. The van der Waals surface area contributed by atoms with Crippen LogP contribution in [-0.4, -0.2) is 58.5 Å². The molecular formula is C30H37N5O7. The molecule has 12 heteroatoms. The van der Waals surface area contributed by atoms with Crippen LogP contribution in [0.4, 0.5) is 0 Å². The molecule has 0 saturated carbocycles. The van der Waals surface area contributed by atoms with E-state index in [1.807, 2.05) is 30.3 Å². The number of nitrogens with two attached hydrogens (primary N) is 2. The Hall–Kier alpha value is -4.23. The van der Waals surface area contributed by atoms with E-state index in [4.69, 9.17) is 26.2 Å². The summed E-state index contributed by atoms with van der Waals surface area (Å²) in [6.45, 7) is 5.18. The highest BCUT2D eigenvalue weighted by atomic mass is 16.6. The number of hydrogen-bond donors (Lipinski definition) is 3. The van der Waals surface area contributed by atoms with Crippen LogP contribution in [0.2, 0.25) is 0 Å². The molecule has 0 radical (unpaired) electrons. The molecule has 3 aromatic rings. The Balaban J connectivity index is 1.80. The molecule has 0 fully saturated rings. The summed E-state index contributed by atoms with van der Waals surface area (Å²) < 4.78 is 6.09. The largest absolute Gasteiger partial charge is 0.467 e. The number of carbonyl (C=O) groups excluding carboxylic acids is 4. The molecule has 0 aliphatic rings. The Labute approximate surface area is 244 Å². The predicted molar refractivity (Wildman–Crippen MR) is 152 cm³/mol. The van der Waals surface area contributed by atoms with Crippen molar-refractivity contribution >= 4 is 23.6 Å². The first-order valence-corrected chi connectivity index (χ1v) is 13.3. The van der Waals surface area contributed by atoms with Gasteiger partial charge in [-0.3, -0.25) is 28.6 Å². The minimum Gasteiger partial charge on any atom is -0.467 e. The molecule has 0 spiro atoms. The second-order valence-electron chi connectivity index (χ2n) is 10.8. The minimum atomic E-state index is -1.45. The lowest BCUT2D eigenvalue weighted by atomic mass is 9.77. The van der Waals surface area contributed by atoms with Crippen molar-refractivity contribution in [2.24, 2.45) is 17.2 Å². The number of imidazole rings is 1. The molecule has 1 aromatic heterocycles. The van der Waals surface area contributed by atoms with E-state index in [0.717, 1.165) is 5.56 Å². The van der Waals surface area contributed by atoms with E-state index in [-0.39, 0.29) is 18.6 Å². The van der Waals surface area contributed by atoms with E-state index in [1.165, 1.54) is 24.2 Å². The van der Waals surface area contributed by atoms with Gasteiger partial charge in [0, 0.05) is 24.5 Å². The molecular weight excluding hydrogens is 542 g/mol. The lowest BCUT2D eigenvalue weighted by Gasteiger charge is -2.30. The third kappa shape index (κ3) is 8.17. The molecule has 3 unspecified atom stereocenters. The molecule has 5 N–H and O–H groups in total. The molecule has 0 aliphatic heterocycles. The first kappa shape index (κ1) is 32.3. The second-order valence-corrected chi connectivity index (χ2v) is 10.8. The number of amides is 1. The number of ether oxygens (including phenoxy) is 1. The van der Waals surface area contributed by atoms with Crippen molar-refractivity contribution < 1.29 is 33.6 Å². The fourth-order valence-electron chi connectivity index (χ4n) is 4.46. The Kier molecular flexibility index (Phi) is 11.2. The van der Waals surface area contributed by atoms with Crippen LogP contribution in [0.1, 0.15) is 48.3 Å². The summed E-state index contributed by atoms with van der Waals surface area (Å²) in [4.78, 5) is 66.8. The summed E-state index contributed by atoms with van der Waals surface area (Å²) in [5, 5.41) is 2.58. The first-order chi connectivity index (χ1) is 20.0. The Morgan fingerprint density at radius 1 is 0.929 bits per heavy atom. The molecule has 0 bridgehead atoms. The van der Waals surface area contributed by atoms with Gasteiger partial charge in [0.1, 0.15) is 18.2 Å². The molecule has 42 heavy (non-hydrogen) atoms. The van der Waals surface area contributed by atoms with Gasteiger partial charge in [-0.2, -0.15) is 0 Å². The number of carbonyl (C=O) groups is 4. The number of nitrogens with one attached hydrogen (secondary N) is 1. The van der Waals surface area contributed by atoms with Crippen LogP contribution in [0.15, 0.2) is 73.2 Å². The van der Waals surface area contributed by atoms with Crippen LogP contribution in [0.3, 0.4) is 0 Å². The third-order valence-electron chi connectivity index (χ3n) is 6.70. The summed E-state index contributed by atoms with van der Waals surface area (Å²) in [6, 6.07) is 16.6. The number of benzene rings is 2. The maximum Gasteiger partial charge on any atom is 0.328 e. The van der Waals surface area contributed by atoms with Gasteiger partial charge in [-0.15, -0.1) is 0 Å². The van der Waals surface area contributed by atoms with Crippen molar-refractivity contribution in [3.8, 4) is 0 Å². The smallest absolute Gasteiger partial charge is 0.328 e. The van der Waals surface area contributed by atoms with E-state index < -0.39 is 47.4 Å². The van der Waals surface area contributed by atoms with E-state index in [1.54, 1.807) is 51.1 Å². The van der Waals surface area contributed by atoms with Crippen molar-refractivity contribution in [1.82, 2.24) is 14.9 Å². The zero-order valence-electron chi connectivity index (χ0n) is 24.1. The van der Waals surface area contributed by atoms with Gasteiger partial charge in [0.25, 0.3) is 11.8 Å². The quantitative estimate of drug-likeness (QED) is 0.200. The normalized spacial score (nSPS) is 14.3. The number of methoxy groups -OCH3 is 1. The summed E-state index contributed by atoms with van der Waals surface area (Å²) in [6.07, 6.45) is 0.347. The zero-order valence-corrected chi connectivity index (χ0v) is 24.1. The summed E-state index contributed by atoms with van der Waals surface area (Å²) in [5.74, 6) is 7.59. The molecule has 4 atom stereocenters. The lowest BCUT2D eigenvalue weighted by molar-refractivity contribution is -0.149. The number of ketones is 1. The summed E-state index contributed by atoms with van der Waals surface area (Å²) >= 11 is 0. The molecule has 1 amide bonds. The maximum absolute atomic E-state index is 13.5. The Bertz CT molecular complexity index is 1360. The second kappa shape index (κ2) is 14.6. The van der Waals surface area contributed by atoms with Gasteiger partial charge in [0.05, 0.1) is 18.7 Å². The number of Topliss-reactive ketones (excluding diaryl/α,β-unsaturated/α-hetero) is 1. The van der Waals surface area contributed by atoms with Crippen molar-refractivity contribution in [2.75, 3.05) is 7.11 Å². The molecule has 224 valence electrons. The van der Waals surface area contributed by atoms with E-state index in [2.05, 4.69) is 10.3 Å². The minimum absolute atomic E-state index is 0.133. The number of nitrogens with zero attached hydrogens (tertiary/aromatic N) is 2. The molecule has 3 rings (SSSR count). The topological polar surface area (TPSA) is 178 Å². The molecule has 0 aliphatic carbocycles. The molecule has 1 heterocycles. The standard InChI is InChI=1S/C30H37N5O7/c1-30(2,3)26(36)24(20-13-9-6-10-14-20)25(42-32)27(37)34-22(29(39)40-4)16-21-17-35(18-33-21)28(38)23(41-31)15-19-11-7-5-8-12-19/h5-14,17-18,22-25H,15-16,31-32H2,1-4H3,(H,34,37)/t22-,23?,24?,25?/m0/s1. The number of aromatic nitrogens is 2. The number of hydrogen-bond acceptors (Lipinski definition) is 10. The van der Waals surface area contributed by atoms with Gasteiger partial charge in [-0.25, -0.2) is 21.6 Å². The van der Waals surface area contributed by atoms with Gasteiger partial charge >= 0.3 is 5.97 Å². The highest BCUT2D eigenvalue weighted by Gasteiger charge is 2.41. The van der Waals surface area contributed by atoms with Crippen molar-refractivity contribution in [1.29, 1.82) is 0 Å². The fraction of sp³-hybridized carbons (Fsp3) is 0.367. The maximum atomic E-state index is 13.5. The van der Waals surface area contributed by atoms with Crippen LogP contribution >= 0.6 is 0 Å². The zero-order chi connectivity index (χ0) is 30.9. The molecule has 2 aromatic carbocycles. The number of esters is 1. The first-order valence-electron chi connectivity index (χ1n) is 13.3. The summed E-state index contributed by atoms with van der Waals surface area (Å²) in [5.41, 5.74) is 0.849. The van der Waals surface area contributed by atoms with Crippen LogP contribution < -0.4 is 17.1 Å². The van der Waals surface area contributed by atoms with E-state index >= 15 is 0 Å². The van der Waals surface area contributed by atoms with E-state index in [9.17, 15) is 19.2 Å². The number of rotatable bonds is 13. The van der Waals surface area contributed by atoms with Gasteiger partial charge in [0.2, 0.25) is 0 Å². The Morgan fingerprint density at radius 3 is 2.10 bits per heavy atom. The summed E-state index contributed by atoms with van der Waals surface area (Å²) in [7, 11) is 1.17. The van der Waals surface area contributed by atoms with Gasteiger partial charge in [-0.1, -0.05) is 81.4 Å². The Morgan fingerprint density at radius 2 is 1.55 bits per heavy atom. The van der Waals surface area contributed by atoms with Crippen LogP contribution in [0.5, 0.6) is 0 Å². The van der Waals surface area contributed by atoms with Gasteiger partial charge in [-0.05, 0) is 11.1 Å². The van der Waals surface area contributed by atoms with Crippen LogP contribution in [0.25, 0.3) is 0 Å². The van der Waals surface area contributed by atoms with Crippen molar-refractivity contribution in [3.63, 3.8) is 0 Å². The highest BCUT2D eigenvalue weighted by molar-refractivity contribution is 5.97. The van der Waals surface area contributed by atoms with Gasteiger partial charge < -0.3 is 10.1 Å². The average molecular weight is 580 g/mol. The average Bonchev–Trinajstić information content (AvgIpc) is 3.46. The van der Waals surface area contributed by atoms with E-state index in [0.29, 0.717) is 11.3 Å². The van der Waals surface area contributed by atoms with Crippen molar-refractivity contribution in [3.05, 3.63) is 90.0 Å². The third-order valence-corrected chi connectivity index (χ3v) is 6.70.